The molecule has 0 spiro atoms. The Balaban J connectivity index is 1.42. The summed E-state index contributed by atoms with van der Waals surface area (Å²) in [6, 6.07) is 12.5. The summed E-state index contributed by atoms with van der Waals surface area (Å²) in [7, 11) is -3.85. The number of hydrogen-bond donors (Lipinski definition) is 1. The van der Waals surface area contributed by atoms with Gasteiger partial charge in [0.2, 0.25) is 0 Å². The Labute approximate surface area is 195 Å². The minimum atomic E-state index is -3.85. The van der Waals surface area contributed by atoms with Gasteiger partial charge in [0.25, 0.3) is 15.9 Å². The molecule has 0 atom stereocenters. The third-order valence-corrected chi connectivity index (χ3v) is 8.76. The van der Waals surface area contributed by atoms with Gasteiger partial charge < -0.3 is 4.90 Å². The second kappa shape index (κ2) is 9.30. The highest BCUT2D eigenvalue weighted by atomic mass is 35.5. The molecule has 1 aromatic carbocycles. The molecule has 0 radical (unpaired) electrons. The number of aryl methyl sites for hydroxylation is 1. The maximum absolute atomic E-state index is 13.1. The van der Waals surface area contributed by atoms with Gasteiger partial charge in [-0.05, 0) is 42.6 Å². The molecule has 3 aromatic rings. The molecule has 164 valence electrons. The molecule has 4 rings (SSSR count). The number of amides is 1. The van der Waals surface area contributed by atoms with Crippen LogP contribution >= 0.6 is 34.3 Å². The van der Waals surface area contributed by atoms with Crippen molar-refractivity contribution in [3.63, 3.8) is 0 Å². The Morgan fingerprint density at radius 2 is 1.77 bits per heavy atom. The van der Waals surface area contributed by atoms with Crippen molar-refractivity contribution < 1.29 is 13.2 Å². The van der Waals surface area contributed by atoms with Crippen molar-refractivity contribution in [3.8, 4) is 0 Å². The molecular formula is C21H22ClN3O3S3. The normalized spacial score (nSPS) is 15.2. The molecule has 6 nitrogen and oxygen atoms in total. The van der Waals surface area contributed by atoms with Crippen LogP contribution in [-0.4, -0.2) is 50.3 Å². The number of thiophene rings is 2. The fourth-order valence-electron chi connectivity index (χ4n) is 3.41. The lowest BCUT2D eigenvalue weighted by atomic mass is 10.2. The molecule has 0 saturated carbocycles. The molecule has 31 heavy (non-hydrogen) atoms. The number of piperazine rings is 1. The molecule has 1 aliphatic rings. The van der Waals surface area contributed by atoms with Gasteiger partial charge in [-0.2, -0.15) is 0 Å². The van der Waals surface area contributed by atoms with Crippen LogP contribution in [0.4, 0.5) is 5.69 Å². The Morgan fingerprint density at radius 3 is 2.42 bits per heavy atom. The zero-order valence-corrected chi connectivity index (χ0v) is 20.1. The van der Waals surface area contributed by atoms with Crippen molar-refractivity contribution >= 4 is 55.9 Å². The first kappa shape index (κ1) is 22.3. The van der Waals surface area contributed by atoms with Gasteiger partial charge in [0.05, 0.1) is 4.34 Å². The van der Waals surface area contributed by atoms with E-state index in [9.17, 15) is 13.2 Å². The van der Waals surface area contributed by atoms with Gasteiger partial charge >= 0.3 is 0 Å². The Bertz CT molecular complexity index is 1160. The summed E-state index contributed by atoms with van der Waals surface area (Å²) in [6.07, 6.45) is 0. The van der Waals surface area contributed by atoms with Crippen LogP contribution < -0.4 is 4.72 Å². The second-order valence-corrected chi connectivity index (χ2v) is 11.7. The fraction of sp³-hybridized carbons (Fsp3) is 0.286. The van der Waals surface area contributed by atoms with Crippen molar-refractivity contribution in [2.24, 2.45) is 0 Å². The summed E-state index contributed by atoms with van der Waals surface area (Å²) in [5.41, 5.74) is 1.51. The first-order valence-electron chi connectivity index (χ1n) is 9.75. The summed E-state index contributed by atoms with van der Waals surface area (Å²) in [4.78, 5) is 18.6. The van der Waals surface area contributed by atoms with Crippen LogP contribution in [0.25, 0.3) is 0 Å². The summed E-state index contributed by atoms with van der Waals surface area (Å²) < 4.78 is 29.2. The third kappa shape index (κ3) is 5.30. The molecule has 0 unspecified atom stereocenters. The average molecular weight is 496 g/mol. The van der Waals surface area contributed by atoms with Gasteiger partial charge in [-0.15, -0.1) is 22.7 Å². The number of carbonyl (C=O) groups is 1. The Morgan fingerprint density at radius 1 is 1.06 bits per heavy atom. The maximum atomic E-state index is 13.1. The molecule has 1 saturated heterocycles. The largest absolute Gasteiger partial charge is 0.335 e. The van der Waals surface area contributed by atoms with Crippen LogP contribution in [0, 0.1) is 6.92 Å². The van der Waals surface area contributed by atoms with Crippen molar-refractivity contribution in [3.05, 3.63) is 67.5 Å². The molecule has 0 bridgehead atoms. The number of sulfonamides is 1. The van der Waals surface area contributed by atoms with Crippen LogP contribution in [0.1, 0.15) is 20.1 Å². The van der Waals surface area contributed by atoms with Crippen LogP contribution in [0.2, 0.25) is 4.34 Å². The highest BCUT2D eigenvalue weighted by Crippen LogP contribution is 2.27. The highest BCUT2D eigenvalue weighted by Gasteiger charge is 2.29. The van der Waals surface area contributed by atoms with Crippen LogP contribution in [0.15, 0.2) is 52.7 Å². The van der Waals surface area contributed by atoms with E-state index in [4.69, 9.17) is 11.6 Å². The fourth-order valence-corrected chi connectivity index (χ4v) is 6.99. The second-order valence-electron chi connectivity index (χ2n) is 7.36. The molecule has 1 aliphatic heterocycles. The summed E-state index contributed by atoms with van der Waals surface area (Å²) in [5, 5.41) is 1.65. The average Bonchev–Trinajstić information content (AvgIpc) is 3.39. The minimum absolute atomic E-state index is 0.0266. The monoisotopic (exact) mass is 495 g/mol. The molecule has 1 fully saturated rings. The van der Waals surface area contributed by atoms with Gasteiger partial charge in [-0.3, -0.25) is 14.4 Å². The van der Waals surface area contributed by atoms with Crippen molar-refractivity contribution in [1.82, 2.24) is 9.80 Å². The number of carbonyl (C=O) groups excluding carboxylic acids is 1. The highest BCUT2D eigenvalue weighted by molar-refractivity contribution is 7.93. The van der Waals surface area contributed by atoms with Crippen LogP contribution in [0.3, 0.4) is 0 Å². The molecule has 2 aromatic heterocycles. The van der Waals surface area contributed by atoms with Crippen molar-refractivity contribution in [2.45, 2.75) is 18.4 Å². The quantitative estimate of drug-likeness (QED) is 0.545. The smallest absolute Gasteiger partial charge is 0.265 e. The van der Waals surface area contributed by atoms with Gasteiger partial charge in [0.15, 0.2) is 0 Å². The number of rotatable bonds is 6. The number of anilines is 1. The SMILES string of the molecule is Cc1ccc(NS(=O)(=O)c2ccsc2C(=O)N2CCN(Cc3ccc(Cl)s3)CC2)cc1. The van der Waals surface area contributed by atoms with E-state index in [-0.39, 0.29) is 15.7 Å². The number of nitrogens with one attached hydrogen (secondary N) is 1. The lowest BCUT2D eigenvalue weighted by Gasteiger charge is -2.34. The minimum Gasteiger partial charge on any atom is -0.335 e. The molecule has 1 amide bonds. The standard InChI is InChI=1S/C21H22ClN3O3S3/c1-15-2-4-16(5-3-15)23-31(27,28)18-8-13-29-20(18)21(26)25-11-9-24(10-12-25)14-17-6-7-19(22)30-17/h2-8,13,23H,9-12,14H2,1H3. The van der Waals surface area contributed by atoms with E-state index in [1.54, 1.807) is 33.7 Å². The van der Waals surface area contributed by atoms with Crippen LogP contribution in [0.5, 0.6) is 0 Å². The number of benzene rings is 1. The topological polar surface area (TPSA) is 69.7 Å². The number of nitrogens with zero attached hydrogens (tertiary/aromatic N) is 2. The lowest BCUT2D eigenvalue weighted by Crippen LogP contribution is -2.48. The molecular weight excluding hydrogens is 474 g/mol. The van der Waals surface area contributed by atoms with E-state index in [2.05, 4.69) is 9.62 Å². The molecule has 0 aliphatic carbocycles. The van der Waals surface area contributed by atoms with Gasteiger partial charge in [-0.25, -0.2) is 8.42 Å². The van der Waals surface area contributed by atoms with E-state index >= 15 is 0 Å². The van der Waals surface area contributed by atoms with Gasteiger partial charge in [0.1, 0.15) is 9.77 Å². The van der Waals surface area contributed by atoms with Gasteiger partial charge in [-0.1, -0.05) is 29.3 Å². The zero-order valence-electron chi connectivity index (χ0n) is 16.9. The van der Waals surface area contributed by atoms with E-state index in [0.29, 0.717) is 18.8 Å². The predicted octanol–water partition coefficient (Wildman–Crippen LogP) is 4.53. The van der Waals surface area contributed by atoms with E-state index < -0.39 is 10.0 Å². The Hall–Kier alpha value is -1.91. The predicted molar refractivity (Wildman–Crippen MR) is 127 cm³/mol. The summed E-state index contributed by atoms with van der Waals surface area (Å²) >= 11 is 8.73. The maximum Gasteiger partial charge on any atom is 0.265 e. The third-order valence-electron chi connectivity index (χ3n) is 5.08. The lowest BCUT2D eigenvalue weighted by molar-refractivity contribution is 0.0631. The van der Waals surface area contributed by atoms with Gasteiger partial charge in [0, 0.05) is 43.3 Å². The molecule has 1 N–H and O–H groups in total. The number of hydrogen-bond acceptors (Lipinski definition) is 6. The van der Waals surface area contributed by atoms with Crippen LogP contribution in [-0.2, 0) is 16.6 Å². The molecule has 3 heterocycles. The summed E-state index contributed by atoms with van der Waals surface area (Å²) in [5.74, 6) is -0.238. The summed E-state index contributed by atoms with van der Waals surface area (Å²) in [6.45, 7) is 5.32. The van der Waals surface area contributed by atoms with Crippen molar-refractivity contribution in [1.29, 1.82) is 0 Å². The Kier molecular flexibility index (Phi) is 6.68. The van der Waals surface area contributed by atoms with E-state index in [1.807, 2.05) is 31.2 Å². The first-order chi connectivity index (χ1) is 14.8. The van der Waals surface area contributed by atoms with E-state index in [1.165, 1.54) is 10.9 Å². The zero-order chi connectivity index (χ0) is 22.0. The van der Waals surface area contributed by atoms with E-state index in [0.717, 1.165) is 40.9 Å². The van der Waals surface area contributed by atoms with Crippen molar-refractivity contribution in [2.75, 3.05) is 30.9 Å². The number of halogens is 1. The molecule has 10 heteroatoms. The first-order valence-corrected chi connectivity index (χ1v) is 13.3.